The van der Waals surface area contributed by atoms with Gasteiger partial charge in [0.2, 0.25) is 5.91 Å². The van der Waals surface area contributed by atoms with Gasteiger partial charge in [-0.05, 0) is 51.4 Å². The summed E-state index contributed by atoms with van der Waals surface area (Å²) in [6.07, 6.45) is 8.83. The van der Waals surface area contributed by atoms with E-state index in [9.17, 15) is 4.79 Å². The summed E-state index contributed by atoms with van der Waals surface area (Å²) in [6, 6.07) is 0.570. The third kappa shape index (κ3) is 3.47. The monoisotopic (exact) mass is 252 g/mol. The molecule has 1 saturated heterocycles. The second kappa shape index (κ2) is 6.55. The molecule has 0 aromatic heterocycles. The quantitative estimate of drug-likeness (QED) is 0.834. The fraction of sp³-hybridized carbons (Fsp3) is 0.933. The first kappa shape index (κ1) is 13.9. The molecule has 104 valence electrons. The standard InChI is InChI=1S/C15H28N2O/c1-3-13-6-8-14(9-7-13)16-12(2)15(18)17-10-4-5-11-17/h12-14,16H,3-11H2,1-2H3. The number of nitrogens with zero attached hydrogens (tertiary/aromatic N) is 1. The highest BCUT2D eigenvalue weighted by atomic mass is 16.2. The molecule has 1 saturated carbocycles. The zero-order chi connectivity index (χ0) is 13.0. The van der Waals surface area contributed by atoms with E-state index in [0.717, 1.165) is 19.0 Å². The topological polar surface area (TPSA) is 32.3 Å². The molecule has 2 aliphatic rings. The Kier molecular flexibility index (Phi) is 5.04. The van der Waals surface area contributed by atoms with Gasteiger partial charge in [0.25, 0.3) is 0 Å². The molecule has 1 atom stereocenters. The van der Waals surface area contributed by atoms with Crippen molar-refractivity contribution in [3.63, 3.8) is 0 Å². The van der Waals surface area contributed by atoms with Crippen molar-refractivity contribution in [2.24, 2.45) is 5.92 Å². The maximum atomic E-state index is 12.2. The average molecular weight is 252 g/mol. The number of rotatable bonds is 4. The minimum absolute atomic E-state index is 0.00581. The van der Waals surface area contributed by atoms with Crippen LogP contribution in [-0.4, -0.2) is 36.0 Å². The summed E-state index contributed by atoms with van der Waals surface area (Å²) in [6.45, 7) is 6.26. The molecule has 0 radical (unpaired) electrons. The van der Waals surface area contributed by atoms with E-state index in [-0.39, 0.29) is 6.04 Å². The van der Waals surface area contributed by atoms with Crippen molar-refractivity contribution in [1.29, 1.82) is 0 Å². The summed E-state index contributed by atoms with van der Waals surface area (Å²) in [5, 5.41) is 3.55. The molecule has 1 aliphatic carbocycles. The lowest BCUT2D eigenvalue weighted by Gasteiger charge is -2.31. The van der Waals surface area contributed by atoms with Gasteiger partial charge < -0.3 is 10.2 Å². The van der Waals surface area contributed by atoms with E-state index in [2.05, 4.69) is 12.2 Å². The molecule has 1 aliphatic heterocycles. The van der Waals surface area contributed by atoms with Crippen molar-refractivity contribution >= 4 is 5.91 Å². The molecule has 18 heavy (non-hydrogen) atoms. The Morgan fingerprint density at radius 3 is 2.39 bits per heavy atom. The molecule has 1 unspecified atom stereocenters. The van der Waals surface area contributed by atoms with Crippen molar-refractivity contribution in [3.05, 3.63) is 0 Å². The fourth-order valence-corrected chi connectivity index (χ4v) is 3.37. The largest absolute Gasteiger partial charge is 0.341 e. The van der Waals surface area contributed by atoms with Crippen LogP contribution < -0.4 is 5.32 Å². The van der Waals surface area contributed by atoms with Gasteiger partial charge in [-0.2, -0.15) is 0 Å². The lowest BCUT2D eigenvalue weighted by Crippen LogP contribution is -2.48. The van der Waals surface area contributed by atoms with Crippen LogP contribution in [0.25, 0.3) is 0 Å². The fourth-order valence-electron chi connectivity index (χ4n) is 3.37. The number of amides is 1. The summed E-state index contributed by atoms with van der Waals surface area (Å²) in [5.74, 6) is 1.23. The number of hydrogen-bond acceptors (Lipinski definition) is 2. The molecule has 0 aromatic rings. The van der Waals surface area contributed by atoms with E-state index in [1.807, 2.05) is 11.8 Å². The van der Waals surface area contributed by atoms with Gasteiger partial charge in [-0.3, -0.25) is 4.79 Å². The van der Waals surface area contributed by atoms with Gasteiger partial charge in [-0.25, -0.2) is 0 Å². The third-order valence-corrected chi connectivity index (χ3v) is 4.70. The van der Waals surface area contributed by atoms with E-state index in [1.165, 1.54) is 44.9 Å². The molecule has 0 aromatic carbocycles. The van der Waals surface area contributed by atoms with Gasteiger partial charge in [0.05, 0.1) is 6.04 Å². The molecular weight excluding hydrogens is 224 g/mol. The molecule has 2 rings (SSSR count). The maximum absolute atomic E-state index is 12.2. The van der Waals surface area contributed by atoms with Crippen molar-refractivity contribution in [3.8, 4) is 0 Å². The normalized spacial score (nSPS) is 30.4. The van der Waals surface area contributed by atoms with Crippen LogP contribution in [0.1, 0.15) is 58.8 Å². The van der Waals surface area contributed by atoms with E-state index < -0.39 is 0 Å². The molecular formula is C15H28N2O. The summed E-state index contributed by atoms with van der Waals surface area (Å²) in [5.41, 5.74) is 0. The van der Waals surface area contributed by atoms with Gasteiger partial charge >= 0.3 is 0 Å². The Morgan fingerprint density at radius 1 is 1.22 bits per heavy atom. The maximum Gasteiger partial charge on any atom is 0.239 e. The van der Waals surface area contributed by atoms with E-state index in [1.54, 1.807) is 0 Å². The zero-order valence-corrected chi connectivity index (χ0v) is 12.0. The van der Waals surface area contributed by atoms with Crippen molar-refractivity contribution in [1.82, 2.24) is 10.2 Å². The Bertz CT molecular complexity index is 266. The summed E-state index contributed by atoms with van der Waals surface area (Å²) < 4.78 is 0. The van der Waals surface area contributed by atoms with Crippen LogP contribution >= 0.6 is 0 Å². The van der Waals surface area contributed by atoms with E-state index in [4.69, 9.17) is 0 Å². The molecule has 3 nitrogen and oxygen atoms in total. The summed E-state index contributed by atoms with van der Waals surface area (Å²) >= 11 is 0. The molecule has 2 fully saturated rings. The number of carbonyl (C=O) groups excluding carboxylic acids is 1. The molecule has 3 heteroatoms. The predicted molar refractivity (Wildman–Crippen MR) is 74.4 cm³/mol. The van der Waals surface area contributed by atoms with Crippen LogP contribution in [-0.2, 0) is 4.79 Å². The summed E-state index contributed by atoms with van der Waals surface area (Å²) in [4.78, 5) is 14.2. The number of likely N-dealkylation sites (tertiary alicyclic amines) is 1. The first-order valence-electron chi connectivity index (χ1n) is 7.75. The second-order valence-electron chi connectivity index (χ2n) is 6.05. The molecule has 1 heterocycles. The van der Waals surface area contributed by atoms with Gasteiger partial charge in [0.15, 0.2) is 0 Å². The minimum atomic E-state index is 0.00581. The lowest BCUT2D eigenvalue weighted by atomic mass is 9.84. The Labute approximate surface area is 111 Å². The number of nitrogens with one attached hydrogen (secondary N) is 1. The van der Waals surface area contributed by atoms with Gasteiger partial charge in [-0.1, -0.05) is 13.3 Å². The molecule has 1 N–H and O–H groups in total. The van der Waals surface area contributed by atoms with Crippen LogP contribution in [0.2, 0.25) is 0 Å². The van der Waals surface area contributed by atoms with Crippen LogP contribution in [0.3, 0.4) is 0 Å². The SMILES string of the molecule is CCC1CCC(NC(C)C(=O)N2CCCC2)CC1. The smallest absolute Gasteiger partial charge is 0.239 e. The van der Waals surface area contributed by atoms with Gasteiger partial charge in [-0.15, -0.1) is 0 Å². The Hall–Kier alpha value is -0.570. The molecule has 0 spiro atoms. The first-order chi connectivity index (χ1) is 8.70. The highest BCUT2D eigenvalue weighted by molar-refractivity contribution is 5.81. The van der Waals surface area contributed by atoms with Crippen molar-refractivity contribution < 1.29 is 4.79 Å². The second-order valence-corrected chi connectivity index (χ2v) is 6.05. The van der Waals surface area contributed by atoms with E-state index >= 15 is 0 Å². The Balaban J connectivity index is 1.73. The van der Waals surface area contributed by atoms with Crippen molar-refractivity contribution in [2.75, 3.05) is 13.1 Å². The number of carbonyl (C=O) groups is 1. The highest BCUT2D eigenvalue weighted by Gasteiger charge is 2.26. The van der Waals surface area contributed by atoms with Crippen LogP contribution in [0.4, 0.5) is 0 Å². The molecule has 1 amide bonds. The van der Waals surface area contributed by atoms with Gasteiger partial charge in [0.1, 0.15) is 0 Å². The predicted octanol–water partition coefficient (Wildman–Crippen LogP) is 2.56. The minimum Gasteiger partial charge on any atom is -0.341 e. The van der Waals surface area contributed by atoms with Crippen LogP contribution in [0, 0.1) is 5.92 Å². The Morgan fingerprint density at radius 2 is 1.83 bits per heavy atom. The summed E-state index contributed by atoms with van der Waals surface area (Å²) in [7, 11) is 0. The third-order valence-electron chi connectivity index (χ3n) is 4.70. The first-order valence-corrected chi connectivity index (χ1v) is 7.75. The lowest BCUT2D eigenvalue weighted by molar-refractivity contribution is -0.132. The zero-order valence-electron chi connectivity index (χ0n) is 12.0. The van der Waals surface area contributed by atoms with Crippen LogP contribution in [0.15, 0.2) is 0 Å². The highest BCUT2D eigenvalue weighted by Crippen LogP contribution is 2.26. The van der Waals surface area contributed by atoms with Gasteiger partial charge in [0, 0.05) is 19.1 Å². The van der Waals surface area contributed by atoms with Crippen molar-refractivity contribution in [2.45, 2.75) is 70.9 Å². The average Bonchev–Trinajstić information content (AvgIpc) is 2.92. The molecule has 0 bridgehead atoms. The van der Waals surface area contributed by atoms with Crippen LogP contribution in [0.5, 0.6) is 0 Å². The van der Waals surface area contributed by atoms with E-state index in [0.29, 0.717) is 11.9 Å². The number of hydrogen-bond donors (Lipinski definition) is 1.